The average molecular weight is 225 g/mol. The van der Waals surface area contributed by atoms with Crippen LogP contribution >= 0.6 is 7.82 Å². The van der Waals surface area contributed by atoms with E-state index in [1.165, 1.54) is 0 Å². The largest absolute Gasteiger partial charge is 0.469 e. The number of hydrogen-bond donors (Lipinski definition) is 3. The molecule has 0 spiro atoms. The summed E-state index contributed by atoms with van der Waals surface area (Å²) in [7, 11) is -4.36. The predicted octanol–water partition coefficient (Wildman–Crippen LogP) is 0.402. The van der Waals surface area contributed by atoms with E-state index in [0.717, 1.165) is 6.42 Å². The molecule has 0 heterocycles. The fourth-order valence-corrected chi connectivity index (χ4v) is 1.17. The Bertz CT molecular complexity index is 214. The minimum absolute atomic E-state index is 0.0521. The van der Waals surface area contributed by atoms with Crippen LogP contribution in [0.5, 0.6) is 0 Å². The zero-order chi connectivity index (χ0) is 11.0. The van der Waals surface area contributed by atoms with Crippen LogP contribution in [0.25, 0.3) is 0 Å². The summed E-state index contributed by atoms with van der Waals surface area (Å²) in [6.07, 6.45) is 1.64. The maximum atomic E-state index is 10.9. The van der Waals surface area contributed by atoms with E-state index in [4.69, 9.17) is 9.79 Å². The minimum Gasteiger partial charge on any atom is -0.356 e. The van der Waals surface area contributed by atoms with Crippen molar-refractivity contribution in [2.45, 2.75) is 26.2 Å². The summed E-state index contributed by atoms with van der Waals surface area (Å²) in [6, 6.07) is 0. The number of phosphoric acid groups is 1. The molecule has 0 aliphatic rings. The molecule has 0 rings (SSSR count). The SMILES string of the molecule is CCCC(=O)NCCCOP(=O)(O)O. The lowest BCUT2D eigenvalue weighted by molar-refractivity contribution is -0.121. The van der Waals surface area contributed by atoms with Gasteiger partial charge in [-0.25, -0.2) is 4.57 Å². The average Bonchev–Trinajstić information content (AvgIpc) is 2.02. The van der Waals surface area contributed by atoms with Crippen LogP contribution in [-0.4, -0.2) is 28.8 Å². The molecule has 0 aromatic carbocycles. The molecule has 0 saturated heterocycles. The molecule has 0 aromatic rings. The zero-order valence-corrected chi connectivity index (χ0v) is 9.00. The van der Waals surface area contributed by atoms with E-state index in [1.807, 2.05) is 6.92 Å². The van der Waals surface area contributed by atoms with Crippen LogP contribution in [0.15, 0.2) is 0 Å². The highest BCUT2D eigenvalue weighted by atomic mass is 31.2. The maximum Gasteiger partial charge on any atom is 0.469 e. The van der Waals surface area contributed by atoms with Crippen molar-refractivity contribution >= 4 is 13.7 Å². The first-order valence-electron chi connectivity index (χ1n) is 4.42. The highest BCUT2D eigenvalue weighted by Crippen LogP contribution is 2.35. The van der Waals surface area contributed by atoms with Gasteiger partial charge in [-0.3, -0.25) is 9.32 Å². The first-order valence-corrected chi connectivity index (χ1v) is 5.95. The maximum absolute atomic E-state index is 10.9. The molecule has 0 radical (unpaired) electrons. The number of phosphoric ester groups is 1. The number of amides is 1. The topological polar surface area (TPSA) is 95.9 Å². The standard InChI is InChI=1S/C7H16NO5P/c1-2-4-7(9)8-5-3-6-13-14(10,11)12/h2-6H2,1H3,(H,8,9)(H2,10,11,12). The summed E-state index contributed by atoms with van der Waals surface area (Å²) in [5.74, 6) is -0.0521. The van der Waals surface area contributed by atoms with Gasteiger partial charge in [0, 0.05) is 13.0 Å². The predicted molar refractivity (Wildman–Crippen MR) is 50.5 cm³/mol. The van der Waals surface area contributed by atoms with Crippen molar-refractivity contribution in [3.63, 3.8) is 0 Å². The normalized spacial score (nSPS) is 11.4. The lowest BCUT2D eigenvalue weighted by atomic mass is 10.3. The molecule has 0 atom stereocenters. The minimum atomic E-state index is -4.36. The van der Waals surface area contributed by atoms with Gasteiger partial charge < -0.3 is 15.1 Å². The molecule has 0 saturated carbocycles. The molecule has 1 amide bonds. The lowest BCUT2D eigenvalue weighted by Crippen LogP contribution is -2.24. The van der Waals surface area contributed by atoms with E-state index in [1.54, 1.807) is 0 Å². The first kappa shape index (κ1) is 13.6. The summed E-state index contributed by atoms with van der Waals surface area (Å²) in [4.78, 5) is 27.5. The van der Waals surface area contributed by atoms with E-state index in [2.05, 4.69) is 9.84 Å². The van der Waals surface area contributed by atoms with E-state index in [0.29, 0.717) is 19.4 Å². The molecule has 0 aliphatic heterocycles. The number of nitrogens with one attached hydrogen (secondary N) is 1. The summed E-state index contributed by atoms with van der Waals surface area (Å²) in [5, 5.41) is 2.60. The van der Waals surface area contributed by atoms with Gasteiger partial charge in [0.25, 0.3) is 0 Å². The van der Waals surface area contributed by atoms with Crippen molar-refractivity contribution in [2.75, 3.05) is 13.2 Å². The van der Waals surface area contributed by atoms with Gasteiger partial charge in [-0.1, -0.05) is 6.92 Å². The Morgan fingerprint density at radius 1 is 1.50 bits per heavy atom. The fraction of sp³-hybridized carbons (Fsp3) is 0.857. The second kappa shape index (κ2) is 6.95. The molecule has 6 nitrogen and oxygen atoms in total. The molecular formula is C7H16NO5P. The summed E-state index contributed by atoms with van der Waals surface area (Å²) in [6.45, 7) is 2.21. The van der Waals surface area contributed by atoms with E-state index < -0.39 is 7.82 Å². The molecule has 7 heteroatoms. The van der Waals surface area contributed by atoms with Gasteiger partial charge in [-0.15, -0.1) is 0 Å². The third-order valence-electron chi connectivity index (χ3n) is 1.38. The molecule has 0 bridgehead atoms. The third kappa shape index (κ3) is 9.67. The van der Waals surface area contributed by atoms with Crippen LogP contribution in [0.2, 0.25) is 0 Å². The fourth-order valence-electron chi connectivity index (χ4n) is 0.799. The van der Waals surface area contributed by atoms with E-state index >= 15 is 0 Å². The highest BCUT2D eigenvalue weighted by Gasteiger charge is 2.12. The second-order valence-electron chi connectivity index (χ2n) is 2.78. The molecule has 84 valence electrons. The van der Waals surface area contributed by atoms with Crippen LogP contribution < -0.4 is 5.32 Å². The summed E-state index contributed by atoms with van der Waals surface area (Å²) >= 11 is 0. The number of hydrogen-bond acceptors (Lipinski definition) is 3. The van der Waals surface area contributed by atoms with Gasteiger partial charge in [0.05, 0.1) is 6.61 Å². The monoisotopic (exact) mass is 225 g/mol. The molecule has 0 fully saturated rings. The van der Waals surface area contributed by atoms with Gasteiger partial charge in [0.1, 0.15) is 0 Å². The van der Waals surface area contributed by atoms with Crippen molar-refractivity contribution in [2.24, 2.45) is 0 Å². The number of carbonyl (C=O) groups excluding carboxylic acids is 1. The quantitative estimate of drug-likeness (QED) is 0.430. The molecule has 14 heavy (non-hydrogen) atoms. The van der Waals surface area contributed by atoms with Crippen molar-refractivity contribution in [3.8, 4) is 0 Å². The molecule has 0 aliphatic carbocycles. The molecular weight excluding hydrogens is 209 g/mol. The van der Waals surface area contributed by atoms with Crippen molar-refractivity contribution in [3.05, 3.63) is 0 Å². The Hall–Kier alpha value is -0.420. The van der Waals surface area contributed by atoms with E-state index in [9.17, 15) is 9.36 Å². The smallest absolute Gasteiger partial charge is 0.356 e. The van der Waals surface area contributed by atoms with Crippen molar-refractivity contribution in [1.82, 2.24) is 5.32 Å². The van der Waals surface area contributed by atoms with Gasteiger partial charge in [0.2, 0.25) is 5.91 Å². The van der Waals surface area contributed by atoms with Gasteiger partial charge in [-0.05, 0) is 12.8 Å². The van der Waals surface area contributed by atoms with Crippen LogP contribution in [0, 0.1) is 0 Å². The van der Waals surface area contributed by atoms with Crippen LogP contribution in [-0.2, 0) is 13.9 Å². The summed E-state index contributed by atoms with van der Waals surface area (Å²) < 4.78 is 14.4. The van der Waals surface area contributed by atoms with Gasteiger partial charge >= 0.3 is 7.82 Å². The van der Waals surface area contributed by atoms with Gasteiger partial charge in [-0.2, -0.15) is 0 Å². The second-order valence-corrected chi connectivity index (χ2v) is 4.02. The van der Waals surface area contributed by atoms with Crippen LogP contribution in [0.1, 0.15) is 26.2 Å². The van der Waals surface area contributed by atoms with Gasteiger partial charge in [0.15, 0.2) is 0 Å². The first-order chi connectivity index (χ1) is 6.45. The van der Waals surface area contributed by atoms with Crippen LogP contribution in [0.3, 0.4) is 0 Å². The Kier molecular flexibility index (Phi) is 6.74. The van der Waals surface area contributed by atoms with Crippen molar-refractivity contribution in [1.29, 1.82) is 0 Å². The Balaban J connectivity index is 3.30. The van der Waals surface area contributed by atoms with Crippen molar-refractivity contribution < 1.29 is 23.7 Å². The molecule has 3 N–H and O–H groups in total. The number of carbonyl (C=O) groups is 1. The van der Waals surface area contributed by atoms with Crippen LogP contribution in [0.4, 0.5) is 0 Å². The highest BCUT2D eigenvalue weighted by molar-refractivity contribution is 7.46. The lowest BCUT2D eigenvalue weighted by Gasteiger charge is -2.05. The zero-order valence-electron chi connectivity index (χ0n) is 8.10. The third-order valence-corrected chi connectivity index (χ3v) is 1.90. The van der Waals surface area contributed by atoms with E-state index in [-0.39, 0.29) is 12.5 Å². The Labute approximate surface area is 82.9 Å². The molecule has 0 aromatic heterocycles. The molecule has 0 unspecified atom stereocenters. The number of rotatable bonds is 7. The Morgan fingerprint density at radius 3 is 2.64 bits per heavy atom. The Morgan fingerprint density at radius 2 is 2.14 bits per heavy atom. The summed E-state index contributed by atoms with van der Waals surface area (Å²) in [5.41, 5.74) is 0.